The third-order valence-electron chi connectivity index (χ3n) is 4.42. The highest BCUT2D eigenvalue weighted by molar-refractivity contribution is 5.94. The number of rotatable bonds is 3. The van der Waals surface area contributed by atoms with Crippen LogP contribution in [0.4, 0.5) is 8.78 Å². The quantitative estimate of drug-likeness (QED) is 0.846. The fraction of sp³-hybridized carbons (Fsp3) is 0.368. The Hall–Kier alpha value is -2.30. The summed E-state index contributed by atoms with van der Waals surface area (Å²) in [5, 5.41) is 0. The van der Waals surface area contributed by atoms with Gasteiger partial charge in [0, 0.05) is 37.7 Å². The number of benzene rings is 1. The van der Waals surface area contributed by atoms with E-state index in [1.54, 1.807) is 12.1 Å². The van der Waals surface area contributed by atoms with Crippen LogP contribution < -0.4 is 0 Å². The standard InChI is InChI=1S/C19H20F2N2O/c1-2-14-4-3-5-15(12-14)17-7-6-16(13-22-17)18(24)23-10-8-19(20,21)9-11-23/h3-7,12-13H,2,8-11H2,1H3. The van der Waals surface area contributed by atoms with Crippen LogP contribution in [0.1, 0.15) is 35.7 Å². The number of carbonyl (C=O) groups is 1. The lowest BCUT2D eigenvalue weighted by Gasteiger charge is -2.31. The van der Waals surface area contributed by atoms with Crippen molar-refractivity contribution < 1.29 is 13.6 Å². The first-order valence-corrected chi connectivity index (χ1v) is 8.21. The molecule has 2 aromatic rings. The number of hydrogen-bond donors (Lipinski definition) is 0. The van der Waals surface area contributed by atoms with E-state index in [9.17, 15) is 13.6 Å². The number of aromatic nitrogens is 1. The molecule has 5 heteroatoms. The van der Waals surface area contributed by atoms with Crippen LogP contribution in [0.15, 0.2) is 42.6 Å². The third-order valence-corrected chi connectivity index (χ3v) is 4.42. The third kappa shape index (κ3) is 3.61. The summed E-state index contributed by atoms with van der Waals surface area (Å²) >= 11 is 0. The number of alkyl halides is 2. The fourth-order valence-electron chi connectivity index (χ4n) is 2.86. The molecular formula is C19H20F2N2O. The Kier molecular flexibility index (Phi) is 4.60. The molecule has 1 aromatic heterocycles. The number of pyridine rings is 1. The van der Waals surface area contributed by atoms with Crippen molar-refractivity contribution in [2.45, 2.75) is 32.1 Å². The smallest absolute Gasteiger partial charge is 0.255 e. The topological polar surface area (TPSA) is 33.2 Å². The Labute approximate surface area is 140 Å². The van der Waals surface area contributed by atoms with Crippen LogP contribution in [-0.2, 0) is 6.42 Å². The summed E-state index contributed by atoms with van der Waals surface area (Å²) in [6.45, 7) is 2.27. The molecule has 0 saturated carbocycles. The van der Waals surface area contributed by atoms with E-state index in [-0.39, 0.29) is 31.8 Å². The Morgan fingerprint density at radius 3 is 2.58 bits per heavy atom. The normalized spacial score (nSPS) is 16.9. The van der Waals surface area contributed by atoms with Gasteiger partial charge in [-0.05, 0) is 30.2 Å². The van der Waals surface area contributed by atoms with E-state index >= 15 is 0 Å². The lowest BCUT2D eigenvalue weighted by Crippen LogP contribution is -2.42. The van der Waals surface area contributed by atoms with Gasteiger partial charge in [0.1, 0.15) is 0 Å². The van der Waals surface area contributed by atoms with Crippen molar-refractivity contribution in [2.75, 3.05) is 13.1 Å². The number of halogens is 2. The van der Waals surface area contributed by atoms with E-state index in [1.807, 2.05) is 12.1 Å². The largest absolute Gasteiger partial charge is 0.338 e. The van der Waals surface area contributed by atoms with Crippen LogP contribution in [0, 0.1) is 0 Å². The highest BCUT2D eigenvalue weighted by atomic mass is 19.3. The number of hydrogen-bond acceptors (Lipinski definition) is 2. The maximum Gasteiger partial charge on any atom is 0.255 e. The maximum atomic E-state index is 13.2. The molecule has 0 aliphatic carbocycles. The van der Waals surface area contributed by atoms with Gasteiger partial charge in [-0.1, -0.05) is 25.1 Å². The molecule has 1 aromatic carbocycles. The van der Waals surface area contributed by atoms with Crippen LogP contribution in [0.5, 0.6) is 0 Å². The molecule has 24 heavy (non-hydrogen) atoms. The molecule has 1 aliphatic heterocycles. The van der Waals surface area contributed by atoms with E-state index in [2.05, 4.69) is 24.0 Å². The number of amides is 1. The maximum absolute atomic E-state index is 13.2. The van der Waals surface area contributed by atoms with E-state index in [0.29, 0.717) is 5.56 Å². The summed E-state index contributed by atoms with van der Waals surface area (Å²) in [7, 11) is 0. The molecule has 1 fully saturated rings. The molecule has 0 spiro atoms. The molecule has 3 nitrogen and oxygen atoms in total. The van der Waals surface area contributed by atoms with Crippen LogP contribution in [0.2, 0.25) is 0 Å². The highest BCUT2D eigenvalue weighted by Gasteiger charge is 2.35. The van der Waals surface area contributed by atoms with Gasteiger partial charge < -0.3 is 4.90 Å². The van der Waals surface area contributed by atoms with Gasteiger partial charge in [0.25, 0.3) is 11.8 Å². The number of likely N-dealkylation sites (tertiary alicyclic amines) is 1. The van der Waals surface area contributed by atoms with Gasteiger partial charge in [-0.3, -0.25) is 9.78 Å². The van der Waals surface area contributed by atoms with Gasteiger partial charge in [0.15, 0.2) is 0 Å². The molecule has 0 unspecified atom stereocenters. The number of piperidine rings is 1. The summed E-state index contributed by atoms with van der Waals surface area (Å²) < 4.78 is 26.4. The molecule has 1 saturated heterocycles. The molecule has 0 radical (unpaired) electrons. The molecule has 2 heterocycles. The summed E-state index contributed by atoms with van der Waals surface area (Å²) in [4.78, 5) is 18.3. The summed E-state index contributed by atoms with van der Waals surface area (Å²) in [5.41, 5.74) is 3.47. The zero-order valence-electron chi connectivity index (χ0n) is 13.6. The lowest BCUT2D eigenvalue weighted by atomic mass is 10.0. The van der Waals surface area contributed by atoms with E-state index in [0.717, 1.165) is 17.7 Å². The molecule has 0 bridgehead atoms. The van der Waals surface area contributed by atoms with Crippen LogP contribution in [-0.4, -0.2) is 34.8 Å². The van der Waals surface area contributed by atoms with E-state index in [4.69, 9.17) is 0 Å². The van der Waals surface area contributed by atoms with Crippen molar-refractivity contribution >= 4 is 5.91 Å². The predicted octanol–water partition coefficient (Wildman–Crippen LogP) is 4.18. The van der Waals surface area contributed by atoms with Gasteiger partial charge in [-0.15, -0.1) is 0 Å². The molecule has 126 valence electrons. The molecular weight excluding hydrogens is 310 g/mol. The number of aryl methyl sites for hydroxylation is 1. The first-order chi connectivity index (χ1) is 11.5. The first kappa shape index (κ1) is 16.6. The van der Waals surface area contributed by atoms with Gasteiger partial charge >= 0.3 is 0 Å². The van der Waals surface area contributed by atoms with Crippen molar-refractivity contribution in [1.29, 1.82) is 0 Å². The van der Waals surface area contributed by atoms with Crippen LogP contribution in [0.3, 0.4) is 0 Å². The van der Waals surface area contributed by atoms with Crippen molar-refractivity contribution in [2.24, 2.45) is 0 Å². The van der Waals surface area contributed by atoms with Crippen LogP contribution >= 0.6 is 0 Å². The zero-order chi connectivity index (χ0) is 17.2. The van der Waals surface area contributed by atoms with Crippen molar-refractivity contribution in [3.05, 3.63) is 53.7 Å². The zero-order valence-corrected chi connectivity index (χ0v) is 13.6. The molecule has 0 N–H and O–H groups in total. The van der Waals surface area contributed by atoms with Gasteiger partial charge in [0.2, 0.25) is 0 Å². The second-order valence-corrected chi connectivity index (χ2v) is 6.13. The number of nitrogens with zero attached hydrogens (tertiary/aromatic N) is 2. The van der Waals surface area contributed by atoms with Gasteiger partial charge in [-0.2, -0.15) is 0 Å². The molecule has 0 atom stereocenters. The Morgan fingerprint density at radius 2 is 1.96 bits per heavy atom. The summed E-state index contributed by atoms with van der Waals surface area (Å²) in [5.74, 6) is -2.88. The Balaban J connectivity index is 1.73. The van der Waals surface area contributed by atoms with Gasteiger partial charge in [-0.25, -0.2) is 8.78 Å². The lowest BCUT2D eigenvalue weighted by molar-refractivity contribution is -0.0494. The fourth-order valence-corrected chi connectivity index (χ4v) is 2.86. The minimum absolute atomic E-state index is 0.0894. The molecule has 3 rings (SSSR count). The van der Waals surface area contributed by atoms with Crippen molar-refractivity contribution in [3.8, 4) is 11.3 Å². The minimum atomic E-state index is -2.65. The number of carbonyl (C=O) groups excluding carboxylic acids is 1. The van der Waals surface area contributed by atoms with E-state index < -0.39 is 5.92 Å². The second-order valence-electron chi connectivity index (χ2n) is 6.13. The SMILES string of the molecule is CCc1cccc(-c2ccc(C(=O)N3CCC(F)(F)CC3)cn2)c1. The predicted molar refractivity (Wildman–Crippen MR) is 89.1 cm³/mol. The average molecular weight is 330 g/mol. The second kappa shape index (κ2) is 6.67. The highest BCUT2D eigenvalue weighted by Crippen LogP contribution is 2.28. The average Bonchev–Trinajstić information content (AvgIpc) is 2.61. The minimum Gasteiger partial charge on any atom is -0.338 e. The van der Waals surface area contributed by atoms with E-state index in [1.165, 1.54) is 16.7 Å². The van der Waals surface area contributed by atoms with Crippen LogP contribution in [0.25, 0.3) is 11.3 Å². The Bertz CT molecular complexity index is 718. The summed E-state index contributed by atoms with van der Waals surface area (Å²) in [6.07, 6.45) is 1.94. The first-order valence-electron chi connectivity index (χ1n) is 8.21. The Morgan fingerprint density at radius 1 is 1.21 bits per heavy atom. The van der Waals surface area contributed by atoms with Gasteiger partial charge in [0.05, 0.1) is 11.3 Å². The van der Waals surface area contributed by atoms with Crippen molar-refractivity contribution in [3.63, 3.8) is 0 Å². The molecule has 1 amide bonds. The monoisotopic (exact) mass is 330 g/mol. The van der Waals surface area contributed by atoms with Crippen molar-refractivity contribution in [1.82, 2.24) is 9.88 Å². The summed E-state index contributed by atoms with van der Waals surface area (Å²) in [6, 6.07) is 11.6. The molecule has 1 aliphatic rings.